The first-order chi connectivity index (χ1) is 15.5. The maximum absolute atomic E-state index is 13.3. The number of halogens is 2. The second-order valence-electron chi connectivity index (χ2n) is 7.91. The number of piperidine rings is 1. The van der Waals surface area contributed by atoms with Gasteiger partial charge in [-0.25, -0.2) is 14.2 Å². The van der Waals surface area contributed by atoms with Gasteiger partial charge < -0.3 is 14.6 Å². The fourth-order valence-corrected chi connectivity index (χ4v) is 3.91. The minimum absolute atomic E-state index is 0. The van der Waals surface area contributed by atoms with Gasteiger partial charge in [-0.1, -0.05) is 12.1 Å². The van der Waals surface area contributed by atoms with Crippen LogP contribution in [-0.4, -0.2) is 40.7 Å². The molecule has 3 N–H and O–H groups in total. The number of hydrogen-bond donors (Lipinski definition) is 2. The zero-order valence-corrected chi connectivity index (χ0v) is 18.8. The molecule has 0 aliphatic carbocycles. The van der Waals surface area contributed by atoms with Gasteiger partial charge in [-0.05, 0) is 60.9 Å². The highest BCUT2D eigenvalue weighted by Gasteiger charge is 2.28. The number of carboxylic acid groups (broad SMARTS) is 1. The average Bonchev–Trinajstić information content (AvgIpc) is 2.79. The molecule has 2 aliphatic rings. The number of allylic oxidation sites excluding steroid dienone is 1. The number of carbonyl (C=O) groups is 1. The van der Waals surface area contributed by atoms with Crippen LogP contribution < -0.4 is 15.3 Å². The van der Waals surface area contributed by atoms with Gasteiger partial charge in [0.1, 0.15) is 29.7 Å². The van der Waals surface area contributed by atoms with Crippen LogP contribution >= 0.6 is 12.4 Å². The van der Waals surface area contributed by atoms with E-state index in [-0.39, 0.29) is 37.3 Å². The van der Waals surface area contributed by atoms with Crippen molar-refractivity contribution in [2.24, 2.45) is 11.8 Å². The second kappa shape index (κ2) is 11.2. The normalized spacial score (nSPS) is 18.6. The molecule has 0 saturated carbocycles. The number of benzene rings is 2. The van der Waals surface area contributed by atoms with Crippen molar-refractivity contribution in [1.82, 2.24) is 9.91 Å². The molecule has 176 valence electrons. The number of nitrogens with zero attached hydrogens (tertiary/aromatic N) is 2. The molecule has 2 heterocycles. The lowest BCUT2D eigenvalue weighted by molar-refractivity contribution is 0.162. The number of ether oxygens (including phenoxy) is 2. The second-order valence-corrected chi connectivity index (χ2v) is 7.91. The van der Waals surface area contributed by atoms with Crippen LogP contribution in [0.15, 0.2) is 72.1 Å². The van der Waals surface area contributed by atoms with Crippen molar-refractivity contribution in [3.05, 3.63) is 83.5 Å². The lowest BCUT2D eigenvalue weighted by Crippen LogP contribution is -2.42. The largest absolute Gasteiger partial charge is 0.489 e. The molecular weight excluding hydrogens is 449 g/mol. The molecular formula is C24H27ClFN3O4. The molecule has 1 atom stereocenters. The first-order valence-electron chi connectivity index (χ1n) is 10.5. The third kappa shape index (κ3) is 6.47. The molecule has 33 heavy (non-hydrogen) atoms. The van der Waals surface area contributed by atoms with Gasteiger partial charge >= 0.3 is 6.09 Å². The van der Waals surface area contributed by atoms with Crippen LogP contribution in [0.3, 0.4) is 0 Å². The minimum atomic E-state index is -1.00. The van der Waals surface area contributed by atoms with Crippen molar-refractivity contribution < 1.29 is 23.8 Å². The maximum Gasteiger partial charge on any atom is 0.411 e. The first kappa shape index (κ1) is 24.6. The van der Waals surface area contributed by atoms with E-state index < -0.39 is 6.09 Å². The van der Waals surface area contributed by atoms with Gasteiger partial charge in [-0.3, -0.25) is 10.7 Å². The van der Waals surface area contributed by atoms with Crippen molar-refractivity contribution in [2.75, 3.05) is 19.6 Å². The molecule has 7 nitrogen and oxygen atoms in total. The summed E-state index contributed by atoms with van der Waals surface area (Å²) in [6, 6.07) is 13.4. The SMILES string of the molecule is Cl.NN1CCCC(C2=CN(C(=O)O)CC=C2Oc2ccc(OCc3cccc(F)c3)cc2)C1. The highest BCUT2D eigenvalue weighted by Crippen LogP contribution is 2.32. The van der Waals surface area contributed by atoms with Crippen LogP contribution in [0.5, 0.6) is 11.5 Å². The molecule has 4 rings (SSSR count). The molecule has 9 heteroatoms. The van der Waals surface area contributed by atoms with Crippen molar-refractivity contribution in [2.45, 2.75) is 19.4 Å². The van der Waals surface area contributed by atoms with Crippen LogP contribution in [0.4, 0.5) is 9.18 Å². The Morgan fingerprint density at radius 1 is 1.18 bits per heavy atom. The van der Waals surface area contributed by atoms with E-state index in [1.807, 2.05) is 0 Å². The van der Waals surface area contributed by atoms with Crippen molar-refractivity contribution in [3.8, 4) is 11.5 Å². The van der Waals surface area contributed by atoms with Gasteiger partial charge in [-0.15, -0.1) is 12.4 Å². The molecule has 2 aromatic carbocycles. The van der Waals surface area contributed by atoms with Crippen molar-refractivity contribution >= 4 is 18.5 Å². The standard InChI is InChI=1S/C24H26FN3O4.ClH/c25-19-5-1-3-17(13-19)16-31-20-6-8-21(9-7-20)32-23-10-12-27(24(29)30)15-22(23)18-4-2-11-28(26)14-18;/h1,3,5-10,13,15,18H,2,4,11-12,14,16,26H2,(H,29,30);1H. The zero-order chi connectivity index (χ0) is 22.5. The Labute approximate surface area is 198 Å². The predicted octanol–water partition coefficient (Wildman–Crippen LogP) is 4.55. The smallest absolute Gasteiger partial charge is 0.411 e. The van der Waals surface area contributed by atoms with Gasteiger partial charge in [0.15, 0.2) is 0 Å². The highest BCUT2D eigenvalue weighted by molar-refractivity contribution is 5.85. The van der Waals surface area contributed by atoms with Gasteiger partial charge in [0, 0.05) is 30.8 Å². The number of amides is 1. The van der Waals surface area contributed by atoms with Crippen LogP contribution in [-0.2, 0) is 6.61 Å². The molecule has 0 aromatic heterocycles. The van der Waals surface area contributed by atoms with E-state index in [1.54, 1.807) is 53.7 Å². The predicted molar refractivity (Wildman–Crippen MR) is 124 cm³/mol. The third-order valence-electron chi connectivity index (χ3n) is 5.54. The minimum Gasteiger partial charge on any atom is -0.489 e. The van der Waals surface area contributed by atoms with E-state index in [1.165, 1.54) is 17.0 Å². The summed E-state index contributed by atoms with van der Waals surface area (Å²) in [5, 5.41) is 11.2. The Morgan fingerprint density at radius 3 is 2.64 bits per heavy atom. The van der Waals surface area contributed by atoms with Crippen LogP contribution in [0.1, 0.15) is 18.4 Å². The molecule has 0 bridgehead atoms. The molecule has 0 spiro atoms. The van der Waals surface area contributed by atoms with Crippen molar-refractivity contribution in [1.29, 1.82) is 0 Å². The molecule has 2 aliphatic heterocycles. The fourth-order valence-electron chi connectivity index (χ4n) is 3.91. The maximum atomic E-state index is 13.3. The van der Waals surface area contributed by atoms with Gasteiger partial charge in [-0.2, -0.15) is 0 Å². The molecule has 0 radical (unpaired) electrons. The summed E-state index contributed by atoms with van der Waals surface area (Å²) >= 11 is 0. The Balaban J connectivity index is 0.00000306. The lowest BCUT2D eigenvalue weighted by atomic mass is 9.89. The number of hydrazine groups is 1. The number of rotatable bonds is 6. The Hall–Kier alpha value is -3.07. The van der Waals surface area contributed by atoms with Crippen LogP contribution in [0.25, 0.3) is 0 Å². The average molecular weight is 476 g/mol. The van der Waals surface area contributed by atoms with E-state index in [9.17, 15) is 14.3 Å². The summed E-state index contributed by atoms with van der Waals surface area (Å²) in [5.74, 6) is 7.70. The summed E-state index contributed by atoms with van der Waals surface area (Å²) in [6.07, 6.45) is 4.29. The summed E-state index contributed by atoms with van der Waals surface area (Å²) in [4.78, 5) is 12.7. The van der Waals surface area contributed by atoms with E-state index in [0.717, 1.165) is 30.5 Å². The number of nitrogens with two attached hydrogens (primary N) is 1. The molecule has 1 fully saturated rings. The third-order valence-corrected chi connectivity index (χ3v) is 5.54. The Kier molecular flexibility index (Phi) is 8.32. The zero-order valence-electron chi connectivity index (χ0n) is 18.0. The van der Waals surface area contributed by atoms with Gasteiger partial charge in [0.2, 0.25) is 0 Å². The Bertz CT molecular complexity index is 1030. The van der Waals surface area contributed by atoms with E-state index in [0.29, 0.717) is 23.8 Å². The molecule has 1 amide bonds. The van der Waals surface area contributed by atoms with E-state index >= 15 is 0 Å². The van der Waals surface area contributed by atoms with E-state index in [4.69, 9.17) is 15.3 Å². The molecule has 1 unspecified atom stereocenters. The quantitative estimate of drug-likeness (QED) is 0.596. The van der Waals surface area contributed by atoms with Crippen molar-refractivity contribution in [3.63, 3.8) is 0 Å². The van der Waals surface area contributed by atoms with E-state index in [2.05, 4.69) is 0 Å². The molecule has 2 aromatic rings. The topological polar surface area (TPSA) is 88.3 Å². The monoisotopic (exact) mass is 475 g/mol. The van der Waals surface area contributed by atoms with Crippen LogP contribution in [0, 0.1) is 11.7 Å². The Morgan fingerprint density at radius 2 is 1.94 bits per heavy atom. The summed E-state index contributed by atoms with van der Waals surface area (Å²) in [5.41, 5.74) is 1.58. The fraction of sp³-hybridized carbons (Fsp3) is 0.292. The lowest BCUT2D eigenvalue weighted by Gasteiger charge is -2.33. The summed E-state index contributed by atoms with van der Waals surface area (Å²) < 4.78 is 25.1. The first-order valence-corrected chi connectivity index (χ1v) is 10.5. The van der Waals surface area contributed by atoms with Crippen LogP contribution in [0.2, 0.25) is 0 Å². The molecule has 1 saturated heterocycles. The highest BCUT2D eigenvalue weighted by atomic mass is 35.5. The summed E-state index contributed by atoms with van der Waals surface area (Å²) in [7, 11) is 0. The number of hydrogen-bond acceptors (Lipinski definition) is 5. The summed E-state index contributed by atoms with van der Waals surface area (Å²) in [6.45, 7) is 1.95. The van der Waals surface area contributed by atoms with Gasteiger partial charge in [0.05, 0.1) is 6.54 Å². The van der Waals surface area contributed by atoms with Gasteiger partial charge in [0.25, 0.3) is 0 Å².